The predicted molar refractivity (Wildman–Crippen MR) is 80.4 cm³/mol. The number of aromatic nitrogens is 1. The van der Waals surface area contributed by atoms with Crippen LogP contribution < -0.4 is 4.74 Å². The Kier molecular flexibility index (Phi) is 3.60. The van der Waals surface area contributed by atoms with Crippen LogP contribution in [0.2, 0.25) is 0 Å². The van der Waals surface area contributed by atoms with Crippen LogP contribution in [0, 0.1) is 0 Å². The van der Waals surface area contributed by atoms with Gasteiger partial charge >= 0.3 is 0 Å². The number of hydrogen-bond acceptors (Lipinski definition) is 3. The van der Waals surface area contributed by atoms with Crippen molar-refractivity contribution in [2.45, 2.75) is 19.4 Å². The minimum atomic E-state index is -0.0171. The average molecular weight is 282 g/mol. The first-order chi connectivity index (χ1) is 10.2. The molecule has 4 heteroatoms. The number of fused-ring (bicyclic) bond motifs is 1. The lowest BCUT2D eigenvalue weighted by Gasteiger charge is -2.35. The lowest BCUT2D eigenvalue weighted by atomic mass is 9.93. The van der Waals surface area contributed by atoms with E-state index >= 15 is 0 Å². The number of benzene rings is 1. The van der Waals surface area contributed by atoms with Crippen LogP contribution in [0.25, 0.3) is 0 Å². The number of pyridine rings is 1. The van der Waals surface area contributed by atoms with Crippen molar-refractivity contribution in [3.63, 3.8) is 0 Å². The number of nitrogens with zero attached hydrogens (tertiary/aromatic N) is 2. The van der Waals surface area contributed by atoms with Crippen molar-refractivity contribution in [3.05, 3.63) is 59.4 Å². The second-order valence-electron chi connectivity index (χ2n) is 5.20. The maximum atomic E-state index is 12.6. The Morgan fingerprint density at radius 2 is 2.19 bits per heavy atom. The Morgan fingerprint density at radius 3 is 2.90 bits per heavy atom. The Morgan fingerprint density at radius 1 is 1.33 bits per heavy atom. The van der Waals surface area contributed by atoms with Crippen LogP contribution in [0.15, 0.2) is 42.6 Å². The number of hydrogen-bond donors (Lipinski definition) is 0. The summed E-state index contributed by atoms with van der Waals surface area (Å²) < 4.78 is 5.29. The molecule has 2 aromatic rings. The van der Waals surface area contributed by atoms with Crippen molar-refractivity contribution in [1.29, 1.82) is 0 Å². The predicted octanol–water partition coefficient (Wildman–Crippen LogP) is 2.85. The minimum Gasteiger partial charge on any atom is -0.497 e. The second-order valence-corrected chi connectivity index (χ2v) is 5.20. The highest BCUT2D eigenvalue weighted by atomic mass is 16.5. The summed E-state index contributed by atoms with van der Waals surface area (Å²) in [6, 6.07) is 11.5. The molecule has 0 saturated carbocycles. The minimum absolute atomic E-state index is 0.0171. The fourth-order valence-electron chi connectivity index (χ4n) is 2.83. The van der Waals surface area contributed by atoms with Gasteiger partial charge in [-0.25, -0.2) is 0 Å². The van der Waals surface area contributed by atoms with E-state index < -0.39 is 0 Å². The summed E-state index contributed by atoms with van der Waals surface area (Å²) in [7, 11) is 1.66. The molecule has 0 fully saturated rings. The number of carbonyl (C=O) groups is 1. The molecule has 108 valence electrons. The molecule has 0 aliphatic carbocycles. The van der Waals surface area contributed by atoms with E-state index in [0.29, 0.717) is 5.69 Å². The normalized spacial score (nSPS) is 17.2. The van der Waals surface area contributed by atoms with Gasteiger partial charge in [-0.05, 0) is 48.7 Å². The highest BCUT2D eigenvalue weighted by molar-refractivity contribution is 5.92. The average Bonchev–Trinajstić information content (AvgIpc) is 2.55. The topological polar surface area (TPSA) is 42.4 Å². The van der Waals surface area contributed by atoms with Gasteiger partial charge in [-0.2, -0.15) is 0 Å². The number of amides is 1. The quantitative estimate of drug-likeness (QED) is 0.850. The molecule has 2 heterocycles. The molecule has 3 rings (SSSR count). The van der Waals surface area contributed by atoms with Crippen LogP contribution in [-0.2, 0) is 6.42 Å². The van der Waals surface area contributed by atoms with Crippen molar-refractivity contribution in [2.75, 3.05) is 13.7 Å². The first kappa shape index (κ1) is 13.6. The van der Waals surface area contributed by atoms with E-state index in [-0.39, 0.29) is 11.9 Å². The number of methoxy groups -OCH3 is 1. The molecule has 0 N–H and O–H groups in total. The second kappa shape index (κ2) is 5.56. The van der Waals surface area contributed by atoms with Crippen molar-refractivity contribution < 1.29 is 9.53 Å². The van der Waals surface area contributed by atoms with Gasteiger partial charge < -0.3 is 9.64 Å². The summed E-state index contributed by atoms with van der Waals surface area (Å²) in [5.41, 5.74) is 2.94. The van der Waals surface area contributed by atoms with E-state index in [0.717, 1.165) is 24.3 Å². The van der Waals surface area contributed by atoms with E-state index in [1.165, 1.54) is 5.56 Å². The van der Waals surface area contributed by atoms with Crippen molar-refractivity contribution >= 4 is 5.91 Å². The molecule has 0 bridgehead atoms. The van der Waals surface area contributed by atoms with Gasteiger partial charge in [0, 0.05) is 12.7 Å². The highest BCUT2D eigenvalue weighted by Crippen LogP contribution is 2.32. The smallest absolute Gasteiger partial charge is 0.272 e. The first-order valence-corrected chi connectivity index (χ1v) is 7.09. The zero-order valence-corrected chi connectivity index (χ0v) is 12.2. The van der Waals surface area contributed by atoms with E-state index in [9.17, 15) is 4.79 Å². The van der Waals surface area contributed by atoms with Crippen LogP contribution in [0.1, 0.15) is 34.6 Å². The zero-order valence-electron chi connectivity index (χ0n) is 12.2. The molecule has 1 aliphatic heterocycles. The Labute approximate surface area is 124 Å². The summed E-state index contributed by atoms with van der Waals surface area (Å²) in [5, 5.41) is 0. The largest absolute Gasteiger partial charge is 0.497 e. The summed E-state index contributed by atoms with van der Waals surface area (Å²) in [6.45, 7) is 2.77. The van der Waals surface area contributed by atoms with Gasteiger partial charge in [0.1, 0.15) is 11.4 Å². The van der Waals surface area contributed by atoms with Crippen LogP contribution in [-0.4, -0.2) is 29.4 Å². The van der Waals surface area contributed by atoms with E-state index in [4.69, 9.17) is 4.74 Å². The maximum absolute atomic E-state index is 12.6. The summed E-state index contributed by atoms with van der Waals surface area (Å²) in [5.74, 6) is 0.810. The zero-order chi connectivity index (χ0) is 14.8. The van der Waals surface area contributed by atoms with E-state index in [2.05, 4.69) is 18.0 Å². The molecule has 1 unspecified atom stereocenters. The Balaban J connectivity index is 1.91. The van der Waals surface area contributed by atoms with Gasteiger partial charge in [-0.15, -0.1) is 0 Å². The number of carbonyl (C=O) groups excluding carboxylic acids is 1. The highest BCUT2D eigenvalue weighted by Gasteiger charge is 2.29. The van der Waals surface area contributed by atoms with Crippen LogP contribution in [0.5, 0.6) is 5.75 Å². The molecular weight excluding hydrogens is 264 g/mol. The molecular formula is C17H18N2O2. The molecule has 21 heavy (non-hydrogen) atoms. The summed E-state index contributed by atoms with van der Waals surface area (Å²) in [4.78, 5) is 18.6. The molecule has 0 spiro atoms. The molecule has 0 saturated heterocycles. The summed E-state index contributed by atoms with van der Waals surface area (Å²) in [6.07, 6.45) is 2.51. The van der Waals surface area contributed by atoms with Crippen molar-refractivity contribution in [3.8, 4) is 5.75 Å². The van der Waals surface area contributed by atoms with Gasteiger partial charge in [-0.3, -0.25) is 9.78 Å². The molecule has 1 atom stereocenters. The molecule has 4 nitrogen and oxygen atoms in total. The van der Waals surface area contributed by atoms with Crippen LogP contribution in [0.4, 0.5) is 0 Å². The molecule has 1 amide bonds. The Bertz CT molecular complexity index is 655. The lowest BCUT2D eigenvalue weighted by molar-refractivity contribution is 0.0671. The van der Waals surface area contributed by atoms with Gasteiger partial charge in [0.2, 0.25) is 0 Å². The first-order valence-electron chi connectivity index (χ1n) is 7.09. The summed E-state index contributed by atoms with van der Waals surface area (Å²) >= 11 is 0. The fraction of sp³-hybridized carbons (Fsp3) is 0.294. The van der Waals surface area contributed by atoms with Gasteiger partial charge in [0.25, 0.3) is 5.91 Å². The SMILES string of the molecule is COc1ccc2c(c1)C(C)N(C(=O)c1ccccn1)CC2. The van der Waals surface area contributed by atoms with E-state index in [1.54, 1.807) is 19.4 Å². The maximum Gasteiger partial charge on any atom is 0.272 e. The van der Waals surface area contributed by atoms with Gasteiger partial charge in [-0.1, -0.05) is 12.1 Å². The molecule has 1 aromatic heterocycles. The van der Waals surface area contributed by atoms with Gasteiger partial charge in [0.05, 0.1) is 13.2 Å². The fourth-order valence-corrected chi connectivity index (χ4v) is 2.83. The van der Waals surface area contributed by atoms with Crippen LogP contribution in [0.3, 0.4) is 0 Å². The third-order valence-electron chi connectivity index (χ3n) is 4.04. The molecule has 1 aliphatic rings. The van der Waals surface area contributed by atoms with E-state index in [1.807, 2.05) is 29.2 Å². The Hall–Kier alpha value is -2.36. The number of rotatable bonds is 2. The van der Waals surface area contributed by atoms with Crippen molar-refractivity contribution in [1.82, 2.24) is 9.88 Å². The number of ether oxygens (including phenoxy) is 1. The molecule has 0 radical (unpaired) electrons. The monoisotopic (exact) mass is 282 g/mol. The lowest BCUT2D eigenvalue weighted by Crippen LogP contribution is -2.39. The van der Waals surface area contributed by atoms with Gasteiger partial charge in [0.15, 0.2) is 0 Å². The third-order valence-corrected chi connectivity index (χ3v) is 4.04. The van der Waals surface area contributed by atoms with Crippen LogP contribution >= 0.6 is 0 Å². The third kappa shape index (κ3) is 2.49. The van der Waals surface area contributed by atoms with Crippen molar-refractivity contribution in [2.24, 2.45) is 0 Å². The molecule has 1 aromatic carbocycles. The standard InChI is InChI=1S/C17H18N2O2/c1-12-15-11-14(21-2)7-6-13(15)8-10-19(12)17(20)16-5-3-4-9-18-16/h3-7,9,11-12H,8,10H2,1-2H3.